The summed E-state index contributed by atoms with van der Waals surface area (Å²) in [7, 11) is 0. The van der Waals surface area contributed by atoms with Gasteiger partial charge in [0, 0.05) is 18.0 Å². The fourth-order valence-electron chi connectivity index (χ4n) is 2.84. The lowest BCUT2D eigenvalue weighted by atomic mass is 10.1. The van der Waals surface area contributed by atoms with Gasteiger partial charge in [-0.25, -0.2) is 4.98 Å². The number of fused-ring (bicyclic) bond motifs is 1. The average Bonchev–Trinajstić information content (AvgIpc) is 3.00. The Morgan fingerprint density at radius 2 is 2.11 bits per heavy atom. The van der Waals surface area contributed by atoms with Gasteiger partial charge in [0.1, 0.15) is 4.83 Å². The third-order valence-electron chi connectivity index (χ3n) is 4.07. The fraction of sp³-hybridized carbons (Fsp3) is 0.250. The molecule has 1 aromatic carbocycles. The highest BCUT2D eigenvalue weighted by Gasteiger charge is 2.19. The quantitative estimate of drug-likeness (QED) is 0.372. The summed E-state index contributed by atoms with van der Waals surface area (Å²) in [5.41, 5.74) is 1.93. The molecule has 0 bridgehead atoms. The number of hydrogen-bond donors (Lipinski definition) is 1. The highest BCUT2D eigenvalue weighted by atomic mass is 32.2. The Bertz CT molecular complexity index is 1040. The van der Waals surface area contributed by atoms with Gasteiger partial charge in [-0.1, -0.05) is 48.2 Å². The predicted octanol–water partition coefficient (Wildman–Crippen LogP) is 3.85. The fourth-order valence-corrected chi connectivity index (χ4v) is 4.91. The molecule has 0 radical (unpaired) electrons. The van der Waals surface area contributed by atoms with Crippen molar-refractivity contribution in [3.63, 3.8) is 0 Å². The number of hydrogen-bond acceptors (Lipinski definition) is 5. The molecule has 0 aliphatic carbocycles. The van der Waals surface area contributed by atoms with Crippen molar-refractivity contribution in [3.8, 4) is 10.4 Å². The molecule has 7 heteroatoms. The minimum Gasteiger partial charge on any atom is -0.356 e. The molecule has 1 N–H and O–H groups in total. The van der Waals surface area contributed by atoms with Crippen molar-refractivity contribution < 1.29 is 4.79 Å². The molecule has 2 heterocycles. The number of allylic oxidation sites excluding steroid dienone is 1. The molecule has 0 saturated heterocycles. The molecule has 5 nitrogen and oxygen atoms in total. The van der Waals surface area contributed by atoms with Crippen LogP contribution in [-0.2, 0) is 11.3 Å². The molecule has 0 aliphatic rings. The summed E-state index contributed by atoms with van der Waals surface area (Å²) in [6.45, 7) is 8.52. The summed E-state index contributed by atoms with van der Waals surface area (Å²) in [5, 5.41) is 3.94. The molecular weight excluding hydrogens is 378 g/mol. The van der Waals surface area contributed by atoms with E-state index in [1.54, 1.807) is 10.6 Å². The van der Waals surface area contributed by atoms with Crippen LogP contribution < -0.4 is 10.9 Å². The number of aromatic nitrogens is 2. The molecule has 27 heavy (non-hydrogen) atoms. The first-order chi connectivity index (χ1) is 13.1. The number of carbonyl (C=O) groups is 1. The average molecular weight is 400 g/mol. The molecule has 3 aromatic rings. The van der Waals surface area contributed by atoms with E-state index in [9.17, 15) is 9.59 Å². The van der Waals surface area contributed by atoms with Crippen LogP contribution in [0.3, 0.4) is 0 Å². The van der Waals surface area contributed by atoms with E-state index < -0.39 is 0 Å². The Morgan fingerprint density at radius 3 is 2.78 bits per heavy atom. The largest absolute Gasteiger partial charge is 0.356 e. The SMILES string of the molecule is C=CCn1c(SCC(=O)NCC)nc2sc(-c3ccccc3)c(C)c2c1=O. The number of nitrogens with one attached hydrogen (secondary N) is 1. The van der Waals surface area contributed by atoms with E-state index in [0.717, 1.165) is 16.0 Å². The summed E-state index contributed by atoms with van der Waals surface area (Å²) >= 11 is 2.79. The highest BCUT2D eigenvalue weighted by molar-refractivity contribution is 7.99. The molecule has 0 fully saturated rings. The summed E-state index contributed by atoms with van der Waals surface area (Å²) < 4.78 is 1.59. The van der Waals surface area contributed by atoms with Crippen LogP contribution in [0.2, 0.25) is 0 Å². The molecule has 0 aliphatic heterocycles. The zero-order valence-corrected chi connectivity index (χ0v) is 17.0. The summed E-state index contributed by atoms with van der Waals surface area (Å²) in [6, 6.07) is 10.00. The predicted molar refractivity (Wildman–Crippen MR) is 114 cm³/mol. The second-order valence-corrected chi connectivity index (χ2v) is 7.88. The lowest BCUT2D eigenvalue weighted by Gasteiger charge is -2.10. The van der Waals surface area contributed by atoms with Gasteiger partial charge in [0.15, 0.2) is 5.16 Å². The third kappa shape index (κ3) is 3.99. The van der Waals surface area contributed by atoms with Crippen LogP contribution in [0.1, 0.15) is 12.5 Å². The van der Waals surface area contributed by atoms with Gasteiger partial charge in [0.2, 0.25) is 5.91 Å². The van der Waals surface area contributed by atoms with Crippen LogP contribution in [0, 0.1) is 6.92 Å². The van der Waals surface area contributed by atoms with Gasteiger partial charge in [-0.15, -0.1) is 17.9 Å². The number of amides is 1. The molecule has 0 spiro atoms. The molecule has 140 valence electrons. The van der Waals surface area contributed by atoms with E-state index in [2.05, 4.69) is 11.9 Å². The molecule has 3 rings (SSSR count). The van der Waals surface area contributed by atoms with Gasteiger partial charge < -0.3 is 5.32 Å². The Labute approximate surface area is 166 Å². The Morgan fingerprint density at radius 1 is 1.37 bits per heavy atom. The van der Waals surface area contributed by atoms with Crippen LogP contribution >= 0.6 is 23.1 Å². The molecule has 0 atom stereocenters. The number of rotatable bonds is 7. The topological polar surface area (TPSA) is 64.0 Å². The number of benzene rings is 1. The number of nitrogens with zero attached hydrogens (tertiary/aromatic N) is 2. The molecule has 0 unspecified atom stereocenters. The van der Waals surface area contributed by atoms with Crippen molar-refractivity contribution in [1.82, 2.24) is 14.9 Å². The van der Waals surface area contributed by atoms with Crippen LogP contribution in [-0.4, -0.2) is 27.8 Å². The van der Waals surface area contributed by atoms with Gasteiger partial charge >= 0.3 is 0 Å². The maximum atomic E-state index is 13.1. The third-order valence-corrected chi connectivity index (χ3v) is 6.28. The summed E-state index contributed by atoms with van der Waals surface area (Å²) in [6.07, 6.45) is 1.67. The summed E-state index contributed by atoms with van der Waals surface area (Å²) in [4.78, 5) is 31.4. The van der Waals surface area contributed by atoms with Crippen LogP contribution in [0.4, 0.5) is 0 Å². The van der Waals surface area contributed by atoms with Gasteiger partial charge in [-0.2, -0.15) is 0 Å². The smallest absolute Gasteiger partial charge is 0.263 e. The van der Waals surface area contributed by atoms with E-state index in [4.69, 9.17) is 4.98 Å². The molecule has 2 aromatic heterocycles. The first-order valence-corrected chi connectivity index (χ1v) is 10.5. The summed E-state index contributed by atoms with van der Waals surface area (Å²) in [5.74, 6) is 0.146. The highest BCUT2D eigenvalue weighted by Crippen LogP contribution is 2.36. The van der Waals surface area contributed by atoms with Gasteiger partial charge in [-0.3, -0.25) is 14.2 Å². The molecule has 0 saturated carbocycles. The number of carbonyl (C=O) groups excluding carboxylic acids is 1. The number of thiophene rings is 1. The minimum absolute atomic E-state index is 0.0747. The molecular formula is C20H21N3O2S2. The zero-order chi connectivity index (χ0) is 19.4. The second-order valence-electron chi connectivity index (χ2n) is 5.94. The second kappa shape index (κ2) is 8.54. The van der Waals surface area contributed by atoms with Crippen molar-refractivity contribution in [3.05, 3.63) is 58.9 Å². The van der Waals surface area contributed by atoms with E-state index >= 15 is 0 Å². The van der Waals surface area contributed by atoms with Crippen molar-refractivity contribution in [2.24, 2.45) is 0 Å². The number of thioether (sulfide) groups is 1. The van der Waals surface area contributed by atoms with Crippen LogP contribution in [0.25, 0.3) is 20.7 Å². The van der Waals surface area contributed by atoms with Crippen LogP contribution in [0.15, 0.2) is 52.9 Å². The van der Waals surface area contributed by atoms with E-state index in [1.807, 2.05) is 44.2 Å². The normalized spacial score (nSPS) is 10.9. The van der Waals surface area contributed by atoms with Crippen molar-refractivity contribution >= 4 is 39.2 Å². The lowest BCUT2D eigenvalue weighted by molar-refractivity contribution is -0.118. The Hall–Kier alpha value is -2.38. The standard InChI is InChI=1S/C20H21N3O2S2/c1-4-11-23-19(25)16-13(3)17(14-9-7-6-8-10-14)27-18(16)22-20(23)26-12-15(24)21-5-2/h4,6-10H,1,5,11-12H2,2-3H3,(H,21,24). The molecule has 1 amide bonds. The van der Waals surface area contributed by atoms with Gasteiger partial charge in [-0.05, 0) is 25.0 Å². The zero-order valence-electron chi connectivity index (χ0n) is 15.3. The van der Waals surface area contributed by atoms with Gasteiger partial charge in [0.25, 0.3) is 5.56 Å². The van der Waals surface area contributed by atoms with E-state index in [-0.39, 0.29) is 17.2 Å². The lowest BCUT2D eigenvalue weighted by Crippen LogP contribution is -2.26. The Balaban J connectivity index is 2.11. The minimum atomic E-state index is -0.0887. The van der Waals surface area contributed by atoms with Gasteiger partial charge in [0.05, 0.1) is 11.1 Å². The number of aryl methyl sites for hydroxylation is 1. The monoisotopic (exact) mass is 399 g/mol. The van der Waals surface area contributed by atoms with Crippen molar-refractivity contribution in [1.29, 1.82) is 0 Å². The maximum absolute atomic E-state index is 13.1. The first kappa shape index (κ1) is 19.4. The van der Waals surface area contributed by atoms with E-state index in [1.165, 1.54) is 23.1 Å². The van der Waals surface area contributed by atoms with Crippen LogP contribution in [0.5, 0.6) is 0 Å². The maximum Gasteiger partial charge on any atom is 0.263 e. The Kier molecular flexibility index (Phi) is 6.13. The van der Waals surface area contributed by atoms with Crippen molar-refractivity contribution in [2.45, 2.75) is 25.5 Å². The van der Waals surface area contributed by atoms with Crippen molar-refractivity contribution in [2.75, 3.05) is 12.3 Å². The first-order valence-electron chi connectivity index (χ1n) is 8.66. The van der Waals surface area contributed by atoms with E-state index in [0.29, 0.717) is 28.5 Å².